The van der Waals surface area contributed by atoms with E-state index in [0.29, 0.717) is 11.5 Å². The van der Waals surface area contributed by atoms with Gasteiger partial charge in [0.1, 0.15) is 23.7 Å². The van der Waals surface area contributed by atoms with Gasteiger partial charge in [0.2, 0.25) is 5.91 Å². The third-order valence-electron chi connectivity index (χ3n) is 8.73. The Morgan fingerprint density at radius 3 is 2.44 bits per heavy atom. The molecule has 1 amide bonds. The average molecular weight is 430 g/mol. The van der Waals surface area contributed by atoms with Gasteiger partial charge in [-0.15, -0.1) is 0 Å². The van der Waals surface area contributed by atoms with Gasteiger partial charge in [-0.2, -0.15) is 5.26 Å². The van der Waals surface area contributed by atoms with Crippen LogP contribution in [0.1, 0.15) is 56.1 Å². The van der Waals surface area contributed by atoms with Crippen LogP contribution in [0.25, 0.3) is 10.9 Å². The smallest absolute Gasteiger partial charge is 0.293 e. The minimum absolute atomic E-state index is 0.0612. The first-order valence-corrected chi connectivity index (χ1v) is 12.4. The van der Waals surface area contributed by atoms with Crippen molar-refractivity contribution in [1.29, 1.82) is 5.26 Å². The number of anilines is 1. The van der Waals surface area contributed by atoms with E-state index in [0.717, 1.165) is 86.3 Å². The predicted octanol–water partition coefficient (Wildman–Crippen LogP) is 4.09. The van der Waals surface area contributed by atoms with Crippen LogP contribution < -0.4 is 9.88 Å². The molecule has 5 fully saturated rings. The fourth-order valence-corrected chi connectivity index (χ4v) is 7.71. The highest BCUT2D eigenvalue weighted by molar-refractivity contribution is 5.83. The molecule has 1 N–H and O–H groups in total. The molecule has 1 saturated heterocycles. The Morgan fingerprint density at radius 2 is 1.75 bits per heavy atom. The highest BCUT2D eigenvalue weighted by Crippen LogP contribution is 2.60. The molecule has 0 unspecified atom stereocenters. The van der Waals surface area contributed by atoms with Crippen molar-refractivity contribution in [2.24, 2.45) is 23.2 Å². The molecule has 0 radical (unpaired) electrons. The molecule has 2 aromatic rings. The van der Waals surface area contributed by atoms with Gasteiger partial charge in [-0.25, -0.2) is 4.98 Å². The highest BCUT2D eigenvalue weighted by Gasteiger charge is 2.55. The maximum absolute atomic E-state index is 13.8. The Balaban J connectivity index is 1.23. The first-order chi connectivity index (χ1) is 15.5. The number of rotatable bonds is 2. The molecule has 0 spiro atoms. The summed E-state index contributed by atoms with van der Waals surface area (Å²) < 4.78 is 0. The number of carbonyl (C=O) groups is 1. The van der Waals surface area contributed by atoms with Crippen molar-refractivity contribution in [3.63, 3.8) is 0 Å². The highest BCUT2D eigenvalue weighted by atomic mass is 16.2. The maximum atomic E-state index is 13.8. The van der Waals surface area contributed by atoms with Crippen molar-refractivity contribution in [2.75, 3.05) is 31.1 Å². The molecule has 5 heteroatoms. The average Bonchev–Trinajstić information content (AvgIpc) is 3.03. The summed E-state index contributed by atoms with van der Waals surface area (Å²) in [5.41, 5.74) is 2.88. The van der Waals surface area contributed by atoms with E-state index in [4.69, 9.17) is 0 Å². The van der Waals surface area contributed by atoms with Crippen LogP contribution in [-0.2, 0) is 4.79 Å². The lowest BCUT2D eigenvalue weighted by Gasteiger charge is -2.56. The van der Waals surface area contributed by atoms with Gasteiger partial charge < -0.3 is 4.90 Å². The number of nitrogens with one attached hydrogen (secondary N) is 1. The van der Waals surface area contributed by atoms with Gasteiger partial charge >= 0.3 is 0 Å². The topological polar surface area (TPSA) is 61.5 Å². The van der Waals surface area contributed by atoms with Gasteiger partial charge in [0.15, 0.2) is 0 Å². The van der Waals surface area contributed by atoms with E-state index in [-0.39, 0.29) is 5.41 Å². The van der Waals surface area contributed by atoms with E-state index in [1.54, 1.807) is 0 Å². The van der Waals surface area contributed by atoms with Gasteiger partial charge in [-0.3, -0.25) is 9.69 Å². The van der Waals surface area contributed by atoms with Gasteiger partial charge in [0.05, 0.1) is 18.5 Å². The fraction of sp³-hybridized carbons (Fsp3) is 0.593. The Hall–Kier alpha value is -2.61. The van der Waals surface area contributed by atoms with Crippen LogP contribution in [0.3, 0.4) is 0 Å². The lowest BCUT2D eigenvalue weighted by Crippen LogP contribution is -2.55. The van der Waals surface area contributed by atoms with Crippen molar-refractivity contribution < 1.29 is 9.78 Å². The van der Waals surface area contributed by atoms with Crippen molar-refractivity contribution >= 4 is 22.6 Å². The fourth-order valence-electron chi connectivity index (χ4n) is 7.71. The Kier molecular flexibility index (Phi) is 4.68. The van der Waals surface area contributed by atoms with E-state index >= 15 is 0 Å². The second-order valence-corrected chi connectivity index (χ2v) is 11.1. The zero-order chi connectivity index (χ0) is 21.9. The van der Waals surface area contributed by atoms with Crippen LogP contribution in [0.4, 0.5) is 5.82 Å². The van der Waals surface area contributed by atoms with Crippen LogP contribution in [-0.4, -0.2) is 37.0 Å². The van der Waals surface area contributed by atoms with Crippen molar-refractivity contribution in [3.8, 4) is 6.07 Å². The van der Waals surface area contributed by atoms with Gasteiger partial charge in [0, 0.05) is 18.4 Å². The second-order valence-electron chi connectivity index (χ2n) is 11.1. The standard InChI is InChI=1S/C27H32N4O/c1-18-3-4-22-13-23(17-28)25(29-24(22)9-18)30-5-2-6-31(8-7-30)26(32)27-14-19-10-20(15-27)12-21(11-19)16-27/h3-4,9,13,19-21H,2,5-8,10-12,14-16H2,1H3/p+1. The number of benzene rings is 1. The Morgan fingerprint density at radius 1 is 1.03 bits per heavy atom. The second kappa shape index (κ2) is 7.47. The number of amides is 1. The number of fused-ring (bicyclic) bond motifs is 1. The summed E-state index contributed by atoms with van der Waals surface area (Å²) in [6.45, 7) is 5.33. The number of nitrogens with zero attached hydrogens (tertiary/aromatic N) is 3. The molecule has 1 aromatic heterocycles. The molecule has 4 bridgehead atoms. The number of aryl methyl sites for hydroxylation is 1. The number of aromatic amines is 1. The third kappa shape index (κ3) is 3.27. The quantitative estimate of drug-likeness (QED) is 0.722. The largest absolute Gasteiger partial charge is 0.338 e. The lowest BCUT2D eigenvalue weighted by atomic mass is 9.49. The van der Waals surface area contributed by atoms with Crippen LogP contribution in [0.15, 0.2) is 24.3 Å². The minimum Gasteiger partial charge on any atom is -0.338 e. The normalized spacial score (nSPS) is 31.6. The monoisotopic (exact) mass is 429 g/mol. The van der Waals surface area contributed by atoms with Crippen molar-refractivity contribution in [2.45, 2.75) is 51.9 Å². The lowest BCUT2D eigenvalue weighted by molar-refractivity contribution is -0.330. The summed E-state index contributed by atoms with van der Waals surface area (Å²) in [5, 5.41) is 10.9. The number of aromatic nitrogens is 1. The first kappa shape index (κ1) is 20.0. The molecule has 5 nitrogen and oxygen atoms in total. The Labute approximate surface area is 190 Å². The van der Waals surface area contributed by atoms with Gasteiger partial charge in [0.25, 0.3) is 5.82 Å². The number of pyridine rings is 1. The van der Waals surface area contributed by atoms with Gasteiger partial charge in [-0.1, -0.05) is 12.1 Å². The number of hydrogen-bond donors (Lipinski definition) is 0. The molecule has 0 atom stereocenters. The molecule has 2 heterocycles. The SMILES string of the molecule is Cc1ccc2cc(C#N)c(N3CCCN(C(=O)C45CC6CC(CC(C6)C4)C5)CC3)[nH+]c2c1. The molecular weight excluding hydrogens is 396 g/mol. The summed E-state index contributed by atoms with van der Waals surface area (Å²) in [4.78, 5) is 21.8. The predicted molar refractivity (Wildman–Crippen MR) is 124 cm³/mol. The molecule has 4 saturated carbocycles. The molecule has 1 aromatic carbocycles. The van der Waals surface area contributed by atoms with E-state index in [1.165, 1.54) is 24.8 Å². The molecule has 1 aliphatic heterocycles. The van der Waals surface area contributed by atoms with E-state index < -0.39 is 0 Å². The molecule has 5 aliphatic rings. The summed E-state index contributed by atoms with van der Waals surface area (Å²) in [6.07, 6.45) is 8.46. The maximum Gasteiger partial charge on any atom is 0.293 e. The number of H-pyrrole nitrogens is 1. The Bertz CT molecular complexity index is 1080. The zero-order valence-corrected chi connectivity index (χ0v) is 19.1. The molecule has 32 heavy (non-hydrogen) atoms. The third-order valence-corrected chi connectivity index (χ3v) is 8.73. The molecule has 166 valence electrons. The first-order valence-electron chi connectivity index (χ1n) is 12.4. The summed E-state index contributed by atoms with van der Waals surface area (Å²) in [7, 11) is 0. The summed E-state index contributed by atoms with van der Waals surface area (Å²) in [5.74, 6) is 3.72. The van der Waals surface area contributed by atoms with Crippen LogP contribution in [0.2, 0.25) is 0 Å². The zero-order valence-electron chi connectivity index (χ0n) is 19.1. The molecule has 7 rings (SSSR count). The molecular formula is C27H33N4O+. The van der Waals surface area contributed by atoms with Gasteiger partial charge in [-0.05, 0) is 80.9 Å². The number of nitriles is 1. The van der Waals surface area contributed by atoms with Crippen LogP contribution in [0.5, 0.6) is 0 Å². The van der Waals surface area contributed by atoms with Crippen LogP contribution >= 0.6 is 0 Å². The summed E-state index contributed by atoms with van der Waals surface area (Å²) >= 11 is 0. The van der Waals surface area contributed by atoms with Crippen molar-refractivity contribution in [1.82, 2.24) is 4.90 Å². The van der Waals surface area contributed by atoms with Crippen molar-refractivity contribution in [3.05, 3.63) is 35.4 Å². The number of carbonyl (C=O) groups excluding carboxylic acids is 1. The minimum atomic E-state index is -0.0612. The summed E-state index contributed by atoms with van der Waals surface area (Å²) in [6, 6.07) is 10.7. The number of hydrogen-bond acceptors (Lipinski definition) is 3. The van der Waals surface area contributed by atoms with E-state index in [9.17, 15) is 10.1 Å². The van der Waals surface area contributed by atoms with E-state index in [2.05, 4.69) is 46.0 Å². The molecule has 4 aliphatic carbocycles. The van der Waals surface area contributed by atoms with E-state index in [1.807, 2.05) is 6.07 Å². The van der Waals surface area contributed by atoms with Crippen LogP contribution in [0, 0.1) is 41.4 Å².